The average Bonchev–Trinajstić information content (AvgIpc) is 3.09. The third-order valence-corrected chi connectivity index (χ3v) is 4.58. The highest BCUT2D eigenvalue weighted by atomic mass is 32.1. The van der Waals surface area contributed by atoms with Gasteiger partial charge < -0.3 is 10.6 Å². The van der Waals surface area contributed by atoms with E-state index in [1.165, 1.54) is 16.1 Å². The van der Waals surface area contributed by atoms with Crippen molar-refractivity contribution in [2.75, 3.05) is 18.4 Å². The van der Waals surface area contributed by atoms with Gasteiger partial charge in [0, 0.05) is 36.0 Å². The van der Waals surface area contributed by atoms with E-state index >= 15 is 0 Å². The predicted octanol–water partition coefficient (Wildman–Crippen LogP) is 3.01. The van der Waals surface area contributed by atoms with Crippen molar-refractivity contribution in [2.24, 2.45) is 0 Å². The number of para-hydroxylation sites is 1. The molecule has 2 heterocycles. The molecule has 2 aromatic rings. The highest BCUT2D eigenvalue weighted by Crippen LogP contribution is 2.32. The van der Waals surface area contributed by atoms with Gasteiger partial charge in [-0.05, 0) is 29.5 Å². The fourth-order valence-electron chi connectivity index (χ4n) is 2.62. The third kappa shape index (κ3) is 3.02. The van der Waals surface area contributed by atoms with E-state index in [0.717, 1.165) is 19.5 Å². The highest BCUT2D eigenvalue weighted by molar-refractivity contribution is 7.09. The number of amides is 1. The lowest BCUT2D eigenvalue weighted by molar-refractivity contribution is -0.121. The van der Waals surface area contributed by atoms with Gasteiger partial charge in [0.15, 0.2) is 0 Å². The van der Waals surface area contributed by atoms with Crippen LogP contribution in [0.25, 0.3) is 0 Å². The third-order valence-electron chi connectivity index (χ3n) is 3.64. The lowest BCUT2D eigenvalue weighted by Crippen LogP contribution is -2.27. The Balaban J connectivity index is 1.48. The Hall–Kier alpha value is -1.81. The van der Waals surface area contributed by atoms with Gasteiger partial charge in [-0.25, -0.2) is 0 Å². The molecule has 0 bridgehead atoms. The fourth-order valence-corrected chi connectivity index (χ4v) is 3.32. The van der Waals surface area contributed by atoms with E-state index in [0.29, 0.717) is 12.3 Å². The summed E-state index contributed by atoms with van der Waals surface area (Å²) in [4.78, 5) is 13.3. The minimum absolute atomic E-state index is 0.144. The van der Waals surface area contributed by atoms with E-state index < -0.39 is 0 Å². The quantitative estimate of drug-likeness (QED) is 0.887. The lowest BCUT2D eigenvalue weighted by atomic mass is 9.97. The zero-order chi connectivity index (χ0) is 13.8. The van der Waals surface area contributed by atoms with Gasteiger partial charge in [0.1, 0.15) is 0 Å². The van der Waals surface area contributed by atoms with E-state index in [-0.39, 0.29) is 5.91 Å². The standard InChI is InChI=1S/C16H18N2OS/c19-16(17-8-7-13-4-3-9-20-13)10-12-11-18-15-6-2-1-5-14(12)15/h1-6,9,12,18H,7-8,10-11H2,(H,17,19). The topological polar surface area (TPSA) is 41.1 Å². The Morgan fingerprint density at radius 1 is 1.30 bits per heavy atom. The average molecular weight is 286 g/mol. The lowest BCUT2D eigenvalue weighted by Gasteiger charge is -2.10. The number of carbonyl (C=O) groups is 1. The number of carbonyl (C=O) groups excluding carboxylic acids is 1. The molecular weight excluding hydrogens is 268 g/mol. The molecule has 1 aliphatic heterocycles. The molecule has 0 saturated heterocycles. The first-order valence-corrected chi connectivity index (χ1v) is 7.83. The van der Waals surface area contributed by atoms with Crippen LogP contribution in [-0.4, -0.2) is 19.0 Å². The first-order valence-electron chi connectivity index (χ1n) is 6.95. The van der Waals surface area contributed by atoms with E-state index in [1.54, 1.807) is 11.3 Å². The minimum atomic E-state index is 0.144. The molecule has 104 valence electrons. The second kappa shape index (κ2) is 6.09. The molecule has 3 nitrogen and oxygen atoms in total. The van der Waals surface area contributed by atoms with Crippen LogP contribution in [0.15, 0.2) is 41.8 Å². The molecule has 0 saturated carbocycles. The smallest absolute Gasteiger partial charge is 0.220 e. The van der Waals surface area contributed by atoms with E-state index in [1.807, 2.05) is 18.2 Å². The number of nitrogens with one attached hydrogen (secondary N) is 2. The molecule has 0 aliphatic carbocycles. The number of fused-ring (bicyclic) bond motifs is 1. The SMILES string of the molecule is O=C(CC1CNc2ccccc21)NCCc1cccs1. The van der Waals surface area contributed by atoms with Crippen LogP contribution in [0.4, 0.5) is 5.69 Å². The summed E-state index contributed by atoms with van der Waals surface area (Å²) < 4.78 is 0. The Kier molecular flexibility index (Phi) is 4.02. The molecule has 3 rings (SSSR count). The first kappa shape index (κ1) is 13.2. The molecule has 0 radical (unpaired) electrons. The van der Waals surface area contributed by atoms with Crippen LogP contribution >= 0.6 is 11.3 Å². The zero-order valence-electron chi connectivity index (χ0n) is 11.3. The van der Waals surface area contributed by atoms with Crippen LogP contribution in [0, 0.1) is 0 Å². The molecule has 0 spiro atoms. The van der Waals surface area contributed by atoms with Gasteiger partial charge >= 0.3 is 0 Å². The Labute approximate surface area is 123 Å². The van der Waals surface area contributed by atoms with Crippen LogP contribution in [0.1, 0.15) is 22.8 Å². The molecule has 0 fully saturated rings. The molecule has 1 aromatic carbocycles. The summed E-state index contributed by atoms with van der Waals surface area (Å²) in [6.07, 6.45) is 1.48. The van der Waals surface area contributed by atoms with Crippen molar-refractivity contribution in [3.05, 3.63) is 52.2 Å². The van der Waals surface area contributed by atoms with Crippen LogP contribution in [0.5, 0.6) is 0 Å². The maximum Gasteiger partial charge on any atom is 0.220 e. The molecule has 4 heteroatoms. The molecule has 20 heavy (non-hydrogen) atoms. The molecule has 1 aromatic heterocycles. The van der Waals surface area contributed by atoms with Crippen LogP contribution < -0.4 is 10.6 Å². The number of hydrogen-bond donors (Lipinski definition) is 2. The Bertz CT molecular complexity index is 580. The summed E-state index contributed by atoms with van der Waals surface area (Å²) in [5.74, 6) is 0.443. The largest absolute Gasteiger partial charge is 0.384 e. The molecular formula is C16H18N2OS. The fraction of sp³-hybridized carbons (Fsp3) is 0.312. The number of rotatable bonds is 5. The van der Waals surface area contributed by atoms with E-state index in [2.05, 4.69) is 34.2 Å². The number of hydrogen-bond acceptors (Lipinski definition) is 3. The summed E-state index contributed by atoms with van der Waals surface area (Å²) in [5, 5.41) is 8.44. The van der Waals surface area contributed by atoms with Crippen molar-refractivity contribution >= 4 is 22.9 Å². The number of thiophene rings is 1. The van der Waals surface area contributed by atoms with Gasteiger partial charge in [-0.2, -0.15) is 0 Å². The van der Waals surface area contributed by atoms with Crippen molar-refractivity contribution in [1.29, 1.82) is 0 Å². The summed E-state index contributed by atoms with van der Waals surface area (Å²) >= 11 is 1.74. The molecule has 1 amide bonds. The zero-order valence-corrected chi connectivity index (χ0v) is 12.1. The van der Waals surface area contributed by atoms with Crippen molar-refractivity contribution in [1.82, 2.24) is 5.32 Å². The summed E-state index contributed by atoms with van der Waals surface area (Å²) in [6, 6.07) is 12.4. The van der Waals surface area contributed by atoms with Gasteiger partial charge in [0.05, 0.1) is 0 Å². The van der Waals surface area contributed by atoms with Crippen LogP contribution in [0.3, 0.4) is 0 Å². The normalized spacial score (nSPS) is 16.5. The maximum absolute atomic E-state index is 12.0. The number of benzene rings is 1. The molecule has 1 atom stereocenters. The Morgan fingerprint density at radius 2 is 2.20 bits per heavy atom. The summed E-state index contributed by atoms with van der Waals surface area (Å²) in [5.41, 5.74) is 2.43. The second-order valence-electron chi connectivity index (χ2n) is 5.05. The Morgan fingerprint density at radius 3 is 3.05 bits per heavy atom. The van der Waals surface area contributed by atoms with Gasteiger partial charge in [-0.3, -0.25) is 4.79 Å². The predicted molar refractivity (Wildman–Crippen MR) is 83.3 cm³/mol. The van der Waals surface area contributed by atoms with Crippen LogP contribution in [-0.2, 0) is 11.2 Å². The van der Waals surface area contributed by atoms with Gasteiger partial charge in [-0.15, -0.1) is 11.3 Å². The molecule has 1 aliphatic rings. The summed E-state index contributed by atoms with van der Waals surface area (Å²) in [7, 11) is 0. The maximum atomic E-state index is 12.0. The van der Waals surface area contributed by atoms with Crippen molar-refractivity contribution in [3.8, 4) is 0 Å². The molecule has 2 N–H and O–H groups in total. The van der Waals surface area contributed by atoms with Crippen molar-refractivity contribution < 1.29 is 4.79 Å². The van der Waals surface area contributed by atoms with Gasteiger partial charge in [0.2, 0.25) is 5.91 Å². The highest BCUT2D eigenvalue weighted by Gasteiger charge is 2.23. The second-order valence-corrected chi connectivity index (χ2v) is 6.08. The van der Waals surface area contributed by atoms with Crippen molar-refractivity contribution in [2.45, 2.75) is 18.8 Å². The number of anilines is 1. The van der Waals surface area contributed by atoms with Gasteiger partial charge in [0.25, 0.3) is 0 Å². The van der Waals surface area contributed by atoms with Crippen LogP contribution in [0.2, 0.25) is 0 Å². The summed E-state index contributed by atoms with van der Waals surface area (Å²) in [6.45, 7) is 1.58. The minimum Gasteiger partial charge on any atom is -0.384 e. The van der Waals surface area contributed by atoms with E-state index in [4.69, 9.17) is 0 Å². The van der Waals surface area contributed by atoms with E-state index in [9.17, 15) is 4.79 Å². The molecule has 1 unspecified atom stereocenters. The van der Waals surface area contributed by atoms with Crippen molar-refractivity contribution in [3.63, 3.8) is 0 Å². The van der Waals surface area contributed by atoms with Gasteiger partial charge in [-0.1, -0.05) is 24.3 Å². The monoisotopic (exact) mass is 286 g/mol. The first-order chi connectivity index (χ1) is 9.83.